The van der Waals surface area contributed by atoms with E-state index in [0.717, 1.165) is 11.8 Å². The summed E-state index contributed by atoms with van der Waals surface area (Å²) in [4.78, 5) is 12.0. The van der Waals surface area contributed by atoms with E-state index in [1.165, 1.54) is 16.0 Å². The minimum Gasteiger partial charge on any atom is -0.303 e. The van der Waals surface area contributed by atoms with Crippen LogP contribution in [0.5, 0.6) is 0 Å². The van der Waals surface area contributed by atoms with Crippen LogP contribution >= 0.6 is 11.3 Å². The van der Waals surface area contributed by atoms with Crippen molar-refractivity contribution < 1.29 is 4.79 Å². The molecular formula is C14H14OS. The van der Waals surface area contributed by atoms with Crippen LogP contribution in [0.1, 0.15) is 24.0 Å². The number of carbonyl (C=O) groups excluding carboxylic acids is 1. The Morgan fingerprint density at radius 2 is 1.88 bits per heavy atom. The normalized spacial score (nSPS) is 12.4. The van der Waals surface area contributed by atoms with Crippen LogP contribution in [0.4, 0.5) is 0 Å². The minimum absolute atomic E-state index is 0.0153. The number of aldehydes is 1. The van der Waals surface area contributed by atoms with Crippen molar-refractivity contribution in [3.8, 4) is 10.4 Å². The van der Waals surface area contributed by atoms with E-state index in [0.29, 0.717) is 0 Å². The summed E-state index contributed by atoms with van der Waals surface area (Å²) in [6, 6.07) is 10.4. The Kier molecular flexibility index (Phi) is 3.20. The summed E-state index contributed by atoms with van der Waals surface area (Å²) in [5, 5.41) is 2.10. The van der Waals surface area contributed by atoms with E-state index in [9.17, 15) is 4.79 Å². The second-order valence-corrected chi connectivity index (χ2v) is 4.90. The zero-order valence-corrected chi connectivity index (χ0v) is 10.3. The number of aryl methyl sites for hydroxylation is 1. The first-order valence-corrected chi connectivity index (χ1v) is 6.20. The molecule has 0 radical (unpaired) electrons. The number of hydrogen-bond acceptors (Lipinski definition) is 2. The van der Waals surface area contributed by atoms with E-state index in [-0.39, 0.29) is 5.92 Å². The van der Waals surface area contributed by atoms with Gasteiger partial charge in [0.1, 0.15) is 6.29 Å². The fourth-order valence-corrected chi connectivity index (χ4v) is 2.62. The molecule has 16 heavy (non-hydrogen) atoms. The van der Waals surface area contributed by atoms with Gasteiger partial charge in [0.25, 0.3) is 0 Å². The maximum atomic E-state index is 10.7. The maximum Gasteiger partial charge on any atom is 0.127 e. The lowest BCUT2D eigenvalue weighted by molar-refractivity contribution is -0.108. The molecule has 2 rings (SSSR count). The summed E-state index contributed by atoms with van der Waals surface area (Å²) in [7, 11) is 0. The lowest BCUT2D eigenvalue weighted by Crippen LogP contribution is -1.93. The van der Waals surface area contributed by atoms with Gasteiger partial charge in [-0.25, -0.2) is 0 Å². The summed E-state index contributed by atoms with van der Waals surface area (Å²) < 4.78 is 0. The Bertz CT molecular complexity index is 482. The SMILES string of the molecule is Cc1ccsc1-c1ccc(C(C)C=O)cc1. The molecule has 2 aromatic rings. The highest BCUT2D eigenvalue weighted by Gasteiger charge is 2.06. The molecule has 0 aliphatic heterocycles. The standard InChI is InChI=1S/C14H14OS/c1-10-7-8-16-14(10)13-5-3-12(4-6-13)11(2)9-15/h3-9,11H,1-2H3. The Balaban J connectivity index is 2.33. The zero-order valence-electron chi connectivity index (χ0n) is 9.44. The highest BCUT2D eigenvalue weighted by Crippen LogP contribution is 2.29. The van der Waals surface area contributed by atoms with Gasteiger partial charge in [-0.15, -0.1) is 11.3 Å². The fraction of sp³-hybridized carbons (Fsp3) is 0.214. The van der Waals surface area contributed by atoms with Crippen LogP contribution < -0.4 is 0 Å². The molecule has 0 fully saturated rings. The van der Waals surface area contributed by atoms with Crippen molar-refractivity contribution in [3.05, 3.63) is 46.8 Å². The molecule has 0 aliphatic rings. The number of hydrogen-bond donors (Lipinski definition) is 0. The van der Waals surface area contributed by atoms with E-state index < -0.39 is 0 Å². The summed E-state index contributed by atoms with van der Waals surface area (Å²) in [5.74, 6) is -0.0153. The molecule has 82 valence electrons. The lowest BCUT2D eigenvalue weighted by atomic mass is 10.0. The van der Waals surface area contributed by atoms with Crippen LogP contribution in [0.15, 0.2) is 35.7 Å². The first-order chi connectivity index (χ1) is 7.72. The fourth-order valence-electron chi connectivity index (χ4n) is 1.69. The molecule has 0 saturated carbocycles. The van der Waals surface area contributed by atoms with E-state index in [4.69, 9.17) is 0 Å². The van der Waals surface area contributed by atoms with Gasteiger partial charge in [0.2, 0.25) is 0 Å². The summed E-state index contributed by atoms with van der Waals surface area (Å²) >= 11 is 1.75. The second-order valence-electron chi connectivity index (χ2n) is 3.98. The quantitative estimate of drug-likeness (QED) is 0.728. The molecular weight excluding hydrogens is 216 g/mol. The molecule has 2 heteroatoms. The van der Waals surface area contributed by atoms with Gasteiger partial charge in [-0.05, 0) is 35.1 Å². The van der Waals surface area contributed by atoms with Crippen molar-refractivity contribution in [1.29, 1.82) is 0 Å². The average Bonchev–Trinajstić information content (AvgIpc) is 2.75. The predicted octanol–water partition coefficient (Wildman–Crippen LogP) is 4.03. The molecule has 0 saturated heterocycles. The maximum absolute atomic E-state index is 10.7. The number of rotatable bonds is 3. The van der Waals surface area contributed by atoms with Gasteiger partial charge in [-0.3, -0.25) is 0 Å². The van der Waals surface area contributed by atoms with E-state index in [1.54, 1.807) is 11.3 Å². The smallest absolute Gasteiger partial charge is 0.127 e. The molecule has 1 aromatic carbocycles. The molecule has 1 aromatic heterocycles. The summed E-state index contributed by atoms with van der Waals surface area (Å²) in [5.41, 5.74) is 3.61. The van der Waals surface area contributed by atoms with Crippen LogP contribution in [0.2, 0.25) is 0 Å². The third-order valence-corrected chi connectivity index (χ3v) is 3.83. The highest BCUT2D eigenvalue weighted by atomic mass is 32.1. The van der Waals surface area contributed by atoms with Crippen molar-refractivity contribution in [1.82, 2.24) is 0 Å². The number of benzene rings is 1. The van der Waals surface area contributed by atoms with E-state index in [1.807, 2.05) is 19.1 Å². The summed E-state index contributed by atoms with van der Waals surface area (Å²) in [6.45, 7) is 4.03. The van der Waals surface area contributed by atoms with Crippen molar-refractivity contribution in [2.45, 2.75) is 19.8 Å². The molecule has 1 heterocycles. The molecule has 0 amide bonds. The largest absolute Gasteiger partial charge is 0.303 e. The average molecular weight is 230 g/mol. The van der Waals surface area contributed by atoms with Crippen LogP contribution in [-0.4, -0.2) is 6.29 Å². The third-order valence-electron chi connectivity index (χ3n) is 2.76. The zero-order chi connectivity index (χ0) is 11.5. The first kappa shape index (κ1) is 11.1. The van der Waals surface area contributed by atoms with Gasteiger partial charge in [0.15, 0.2) is 0 Å². The Labute approximate surface area is 99.8 Å². The van der Waals surface area contributed by atoms with Crippen LogP contribution in [0.25, 0.3) is 10.4 Å². The van der Waals surface area contributed by atoms with E-state index >= 15 is 0 Å². The van der Waals surface area contributed by atoms with Gasteiger partial charge >= 0.3 is 0 Å². The lowest BCUT2D eigenvalue weighted by Gasteiger charge is -2.05. The van der Waals surface area contributed by atoms with Gasteiger partial charge in [0, 0.05) is 10.8 Å². The third kappa shape index (κ3) is 2.07. The molecule has 0 spiro atoms. The molecule has 0 N–H and O–H groups in total. The van der Waals surface area contributed by atoms with Crippen LogP contribution in [0.3, 0.4) is 0 Å². The number of carbonyl (C=O) groups is 1. The first-order valence-electron chi connectivity index (χ1n) is 5.32. The van der Waals surface area contributed by atoms with Crippen molar-refractivity contribution in [2.24, 2.45) is 0 Å². The Morgan fingerprint density at radius 1 is 1.19 bits per heavy atom. The van der Waals surface area contributed by atoms with Crippen molar-refractivity contribution >= 4 is 17.6 Å². The van der Waals surface area contributed by atoms with Gasteiger partial charge < -0.3 is 4.79 Å². The topological polar surface area (TPSA) is 17.1 Å². The Morgan fingerprint density at radius 3 is 2.38 bits per heavy atom. The van der Waals surface area contributed by atoms with Crippen LogP contribution in [0, 0.1) is 6.92 Å². The molecule has 1 atom stereocenters. The van der Waals surface area contributed by atoms with Gasteiger partial charge in [0.05, 0.1) is 0 Å². The molecule has 0 aliphatic carbocycles. The van der Waals surface area contributed by atoms with Gasteiger partial charge in [-0.2, -0.15) is 0 Å². The predicted molar refractivity (Wildman–Crippen MR) is 69.0 cm³/mol. The van der Waals surface area contributed by atoms with Crippen molar-refractivity contribution in [2.75, 3.05) is 0 Å². The number of thiophene rings is 1. The van der Waals surface area contributed by atoms with E-state index in [2.05, 4.69) is 30.5 Å². The summed E-state index contributed by atoms with van der Waals surface area (Å²) in [6.07, 6.45) is 0.978. The molecule has 1 unspecified atom stereocenters. The molecule has 1 nitrogen and oxygen atoms in total. The van der Waals surface area contributed by atoms with Gasteiger partial charge in [-0.1, -0.05) is 31.2 Å². The second kappa shape index (κ2) is 4.62. The Hall–Kier alpha value is -1.41. The highest BCUT2D eigenvalue weighted by molar-refractivity contribution is 7.13. The van der Waals surface area contributed by atoms with Crippen molar-refractivity contribution in [3.63, 3.8) is 0 Å². The molecule has 0 bridgehead atoms. The minimum atomic E-state index is -0.0153. The van der Waals surface area contributed by atoms with Crippen LogP contribution in [-0.2, 0) is 4.79 Å². The monoisotopic (exact) mass is 230 g/mol.